The van der Waals surface area contributed by atoms with E-state index in [4.69, 9.17) is 4.74 Å². The summed E-state index contributed by atoms with van der Waals surface area (Å²) in [5.74, 6) is 0.129. The van der Waals surface area contributed by atoms with Gasteiger partial charge in [0.2, 0.25) is 0 Å². The topological polar surface area (TPSA) is 108 Å². The van der Waals surface area contributed by atoms with Gasteiger partial charge in [-0.15, -0.1) is 0 Å². The van der Waals surface area contributed by atoms with Crippen molar-refractivity contribution in [3.63, 3.8) is 0 Å². The highest BCUT2D eigenvalue weighted by molar-refractivity contribution is 6.08. The van der Waals surface area contributed by atoms with Crippen LogP contribution in [0.2, 0.25) is 0 Å². The number of amides is 2. The van der Waals surface area contributed by atoms with Gasteiger partial charge < -0.3 is 25.6 Å². The van der Waals surface area contributed by atoms with Crippen molar-refractivity contribution >= 4 is 34.7 Å². The van der Waals surface area contributed by atoms with Gasteiger partial charge in [-0.25, -0.2) is 9.37 Å². The van der Waals surface area contributed by atoms with Crippen molar-refractivity contribution in [1.82, 2.24) is 9.97 Å². The normalized spacial score (nSPS) is 15.2. The second-order valence-electron chi connectivity index (χ2n) is 9.32. The highest BCUT2D eigenvalue weighted by atomic mass is 19.1. The SMILES string of the molecule is Cc1ncc(NC(=O)c2cc(F)cc(N3CCOCC3)c2)cc1C(=O)Nc1ccc(NCC2CC2)nc1. The molecule has 2 amide bonds. The van der Waals surface area contributed by atoms with Crippen LogP contribution in [0.3, 0.4) is 0 Å². The monoisotopic (exact) mass is 504 g/mol. The van der Waals surface area contributed by atoms with Crippen molar-refractivity contribution in [2.75, 3.05) is 53.7 Å². The Morgan fingerprint density at radius 2 is 1.76 bits per heavy atom. The lowest BCUT2D eigenvalue weighted by Gasteiger charge is -2.29. The number of anilines is 4. The third kappa shape index (κ3) is 6.39. The average Bonchev–Trinajstić information content (AvgIpc) is 3.74. The summed E-state index contributed by atoms with van der Waals surface area (Å²) in [6.07, 6.45) is 5.57. The number of aryl methyl sites for hydroxylation is 1. The minimum absolute atomic E-state index is 0.175. The van der Waals surface area contributed by atoms with Gasteiger partial charge in [0.15, 0.2) is 0 Å². The highest BCUT2D eigenvalue weighted by Gasteiger charge is 2.21. The average molecular weight is 505 g/mol. The van der Waals surface area contributed by atoms with Crippen LogP contribution in [0, 0.1) is 18.7 Å². The molecule has 2 aromatic heterocycles. The van der Waals surface area contributed by atoms with Crippen molar-refractivity contribution in [2.45, 2.75) is 19.8 Å². The molecule has 5 rings (SSSR count). The molecule has 37 heavy (non-hydrogen) atoms. The first-order valence-corrected chi connectivity index (χ1v) is 12.4. The molecular weight excluding hydrogens is 475 g/mol. The number of carbonyl (C=O) groups is 2. The van der Waals surface area contributed by atoms with Crippen LogP contribution in [0.1, 0.15) is 39.3 Å². The second-order valence-corrected chi connectivity index (χ2v) is 9.32. The number of morpholine rings is 1. The molecule has 3 aromatic rings. The lowest BCUT2D eigenvalue weighted by Crippen LogP contribution is -2.36. The number of hydrogen-bond donors (Lipinski definition) is 3. The van der Waals surface area contributed by atoms with Crippen LogP contribution in [0.25, 0.3) is 0 Å². The van der Waals surface area contributed by atoms with E-state index >= 15 is 0 Å². The van der Waals surface area contributed by atoms with Crippen molar-refractivity contribution in [2.24, 2.45) is 5.92 Å². The zero-order chi connectivity index (χ0) is 25.8. The Hall–Kier alpha value is -4.05. The summed E-state index contributed by atoms with van der Waals surface area (Å²) in [6.45, 7) is 4.97. The van der Waals surface area contributed by atoms with E-state index in [1.807, 2.05) is 11.0 Å². The zero-order valence-corrected chi connectivity index (χ0v) is 20.6. The molecule has 2 fully saturated rings. The molecule has 0 spiro atoms. The summed E-state index contributed by atoms with van der Waals surface area (Å²) < 4.78 is 19.7. The summed E-state index contributed by atoms with van der Waals surface area (Å²) in [7, 11) is 0. The maximum Gasteiger partial charge on any atom is 0.257 e. The Labute approximate surface area is 214 Å². The highest BCUT2D eigenvalue weighted by Crippen LogP contribution is 2.28. The zero-order valence-electron chi connectivity index (χ0n) is 20.6. The van der Waals surface area contributed by atoms with E-state index < -0.39 is 11.7 Å². The van der Waals surface area contributed by atoms with Gasteiger partial charge in [0.1, 0.15) is 11.6 Å². The molecule has 0 unspecified atom stereocenters. The van der Waals surface area contributed by atoms with Crippen molar-refractivity contribution in [1.29, 1.82) is 0 Å². The van der Waals surface area contributed by atoms with E-state index in [2.05, 4.69) is 25.9 Å². The van der Waals surface area contributed by atoms with Crippen LogP contribution < -0.4 is 20.9 Å². The van der Waals surface area contributed by atoms with E-state index in [0.717, 1.165) is 18.3 Å². The number of hydrogen-bond acceptors (Lipinski definition) is 7. The van der Waals surface area contributed by atoms with Gasteiger partial charge >= 0.3 is 0 Å². The van der Waals surface area contributed by atoms with Gasteiger partial charge in [0.25, 0.3) is 11.8 Å². The third-order valence-electron chi connectivity index (χ3n) is 6.40. The fraction of sp³-hybridized carbons (Fsp3) is 0.333. The quantitative estimate of drug-likeness (QED) is 0.424. The number of nitrogens with zero attached hydrogens (tertiary/aromatic N) is 3. The van der Waals surface area contributed by atoms with Crippen molar-refractivity contribution in [3.05, 3.63) is 71.4 Å². The maximum atomic E-state index is 14.3. The fourth-order valence-corrected chi connectivity index (χ4v) is 4.09. The van der Waals surface area contributed by atoms with Gasteiger partial charge in [-0.05, 0) is 62.1 Å². The molecule has 9 nitrogen and oxygen atoms in total. The molecule has 192 valence electrons. The Balaban J connectivity index is 1.25. The van der Waals surface area contributed by atoms with Gasteiger partial charge in [-0.2, -0.15) is 0 Å². The number of carbonyl (C=O) groups excluding carboxylic acids is 2. The Morgan fingerprint density at radius 1 is 1.00 bits per heavy atom. The summed E-state index contributed by atoms with van der Waals surface area (Å²) in [5.41, 5.74) is 2.49. The van der Waals surface area contributed by atoms with Gasteiger partial charge in [0.05, 0.1) is 48.2 Å². The van der Waals surface area contributed by atoms with Crippen LogP contribution in [-0.2, 0) is 4.74 Å². The van der Waals surface area contributed by atoms with Gasteiger partial charge in [-0.3, -0.25) is 14.6 Å². The molecule has 10 heteroatoms. The third-order valence-corrected chi connectivity index (χ3v) is 6.40. The largest absolute Gasteiger partial charge is 0.378 e. The van der Waals surface area contributed by atoms with Gasteiger partial charge in [-0.1, -0.05) is 0 Å². The van der Waals surface area contributed by atoms with E-state index in [1.54, 1.807) is 31.3 Å². The molecule has 3 N–H and O–H groups in total. The predicted octanol–water partition coefficient (Wildman–Crippen LogP) is 4.09. The molecule has 0 atom stereocenters. The van der Waals surface area contributed by atoms with E-state index in [9.17, 15) is 14.0 Å². The molecule has 2 aliphatic rings. The van der Waals surface area contributed by atoms with E-state index in [-0.39, 0.29) is 11.5 Å². The molecule has 3 heterocycles. The minimum Gasteiger partial charge on any atom is -0.378 e. The Kier molecular flexibility index (Phi) is 7.27. The number of benzene rings is 1. The first-order chi connectivity index (χ1) is 17.9. The van der Waals surface area contributed by atoms with Gasteiger partial charge in [0, 0.05) is 30.9 Å². The van der Waals surface area contributed by atoms with Crippen LogP contribution in [0.15, 0.2) is 48.8 Å². The summed E-state index contributed by atoms with van der Waals surface area (Å²) in [6, 6.07) is 9.40. The molecule has 1 aliphatic carbocycles. The molecule has 0 radical (unpaired) electrons. The first-order valence-electron chi connectivity index (χ1n) is 12.4. The van der Waals surface area contributed by atoms with Crippen LogP contribution in [-0.4, -0.2) is 54.6 Å². The molecule has 1 aliphatic heterocycles. The summed E-state index contributed by atoms with van der Waals surface area (Å²) >= 11 is 0. The lowest BCUT2D eigenvalue weighted by molar-refractivity contribution is 0.101. The van der Waals surface area contributed by atoms with Crippen LogP contribution in [0.4, 0.5) is 27.3 Å². The number of halogens is 1. The maximum absolute atomic E-state index is 14.3. The number of ether oxygens (including phenoxy) is 1. The van der Waals surface area contributed by atoms with Crippen molar-refractivity contribution < 1.29 is 18.7 Å². The molecule has 1 saturated carbocycles. The Morgan fingerprint density at radius 3 is 2.49 bits per heavy atom. The van der Waals surface area contributed by atoms with E-state index in [1.165, 1.54) is 31.2 Å². The van der Waals surface area contributed by atoms with Crippen molar-refractivity contribution in [3.8, 4) is 0 Å². The predicted molar refractivity (Wildman–Crippen MR) is 140 cm³/mol. The Bertz CT molecular complexity index is 1290. The van der Waals surface area contributed by atoms with Crippen LogP contribution >= 0.6 is 0 Å². The first kappa shape index (κ1) is 24.6. The molecular formula is C27H29FN6O3. The standard InChI is InChI=1S/C27H29FN6O3/c1-17-24(27(36)32-21-4-5-25(31-15-21)30-14-18-2-3-18)13-22(16-29-17)33-26(35)19-10-20(28)12-23(11-19)34-6-8-37-9-7-34/h4-5,10-13,15-16,18H,2-3,6-9,14H2,1H3,(H,30,31)(H,32,36)(H,33,35). The molecule has 1 aromatic carbocycles. The summed E-state index contributed by atoms with van der Waals surface area (Å²) in [4.78, 5) is 36.5. The molecule has 1 saturated heterocycles. The fourth-order valence-electron chi connectivity index (χ4n) is 4.09. The smallest absolute Gasteiger partial charge is 0.257 e. The number of pyridine rings is 2. The minimum atomic E-state index is -0.501. The van der Waals surface area contributed by atoms with E-state index in [0.29, 0.717) is 54.6 Å². The summed E-state index contributed by atoms with van der Waals surface area (Å²) in [5, 5.41) is 8.83. The number of nitrogens with one attached hydrogen (secondary N) is 3. The lowest BCUT2D eigenvalue weighted by atomic mass is 10.1. The second kappa shape index (κ2) is 10.9. The number of rotatable bonds is 8. The number of aromatic nitrogens is 2. The molecule has 0 bridgehead atoms. The van der Waals surface area contributed by atoms with Crippen LogP contribution in [0.5, 0.6) is 0 Å².